The van der Waals surface area contributed by atoms with Crippen LogP contribution in [0.5, 0.6) is 5.75 Å². The van der Waals surface area contributed by atoms with Crippen LogP contribution in [-0.4, -0.2) is 171 Å². The molecule has 2 aromatic heterocycles. The SMILES string of the molecule is CCn1c(-c2cccnc2COC)c2c3cc(ccc31)-c1cc(O)cc(c1)C[C@H](NC(=O)[C@H](C(C)C)N(C)C(=O)[C@@]1(O)CCN(C(=O)C#CCN3CCOCC3)C1)C(=O)N1CCC[C@@](O)(N1)C(=O)OCC(C)(C)C2. The van der Waals surface area contributed by atoms with Gasteiger partial charge < -0.3 is 49.2 Å². The number of esters is 1. The number of aromatic hydroxyl groups is 1. The first-order chi connectivity index (χ1) is 35.2. The molecule has 0 unspecified atom stereocenters. The van der Waals surface area contributed by atoms with Crippen LogP contribution in [0.4, 0.5) is 0 Å². The molecule has 2 aromatic carbocycles. The lowest BCUT2D eigenvalue weighted by atomic mass is 9.84. The van der Waals surface area contributed by atoms with Crippen LogP contribution in [0.25, 0.3) is 33.3 Å². The van der Waals surface area contributed by atoms with Crippen LogP contribution in [0.2, 0.25) is 0 Å². The largest absolute Gasteiger partial charge is 0.508 e. The van der Waals surface area contributed by atoms with Gasteiger partial charge in [-0.3, -0.25) is 34.1 Å². The molecule has 3 saturated heterocycles. The molecular weight excluding hydrogens is 949 g/mol. The maximum absolute atomic E-state index is 14.9. The number of cyclic esters (lactones) is 1. The van der Waals surface area contributed by atoms with E-state index in [4.69, 9.17) is 19.2 Å². The molecular formula is C55H70N8O11. The van der Waals surface area contributed by atoms with E-state index >= 15 is 0 Å². The summed E-state index contributed by atoms with van der Waals surface area (Å²) in [5.41, 5.74) is 4.11. The number of aryl methyl sites for hydroxylation is 1. The number of likely N-dealkylation sites (tertiary alicyclic amines) is 1. The number of nitrogens with one attached hydrogen (secondary N) is 2. The normalized spacial score (nSPS) is 22.9. The molecule has 0 spiro atoms. The van der Waals surface area contributed by atoms with Crippen LogP contribution in [0.3, 0.4) is 0 Å². The number of fused-ring (bicyclic) bond motifs is 6. The van der Waals surface area contributed by atoms with Crippen molar-refractivity contribution in [2.24, 2.45) is 11.3 Å². The van der Waals surface area contributed by atoms with Gasteiger partial charge in [0.05, 0.1) is 50.9 Å². The smallest absolute Gasteiger partial charge is 0.355 e. The van der Waals surface area contributed by atoms with Crippen molar-refractivity contribution in [2.45, 2.75) is 103 Å². The summed E-state index contributed by atoms with van der Waals surface area (Å²) < 4.78 is 19.2. The van der Waals surface area contributed by atoms with Crippen LogP contribution in [0.15, 0.2) is 54.7 Å². The van der Waals surface area contributed by atoms with Gasteiger partial charge in [-0.15, -0.1) is 0 Å². The van der Waals surface area contributed by atoms with Crippen molar-refractivity contribution < 1.29 is 53.5 Å². The number of ether oxygens (including phenoxy) is 3. The minimum atomic E-state index is -2.31. The predicted molar refractivity (Wildman–Crippen MR) is 274 cm³/mol. The van der Waals surface area contributed by atoms with Crippen molar-refractivity contribution in [1.29, 1.82) is 0 Å². The highest BCUT2D eigenvalue weighted by Crippen LogP contribution is 2.41. The molecule has 0 aliphatic carbocycles. The third kappa shape index (κ3) is 11.5. The fourth-order valence-electron chi connectivity index (χ4n) is 10.8. The highest BCUT2D eigenvalue weighted by Gasteiger charge is 2.49. The maximum Gasteiger partial charge on any atom is 0.355 e. The lowest BCUT2D eigenvalue weighted by Crippen LogP contribution is -2.67. The number of pyridine rings is 1. The van der Waals surface area contributed by atoms with E-state index in [0.717, 1.165) is 48.9 Å². The number of amides is 4. The Kier molecular flexibility index (Phi) is 16.2. The summed E-state index contributed by atoms with van der Waals surface area (Å²) in [6.45, 7) is 13.1. The number of hydrogen-bond acceptors (Lipinski definition) is 14. The van der Waals surface area contributed by atoms with Crippen LogP contribution in [0.1, 0.15) is 70.7 Å². The van der Waals surface area contributed by atoms with Crippen LogP contribution < -0.4 is 10.7 Å². The number of rotatable bonds is 10. The van der Waals surface area contributed by atoms with E-state index in [1.54, 1.807) is 33.2 Å². The second-order valence-electron chi connectivity index (χ2n) is 21.2. The van der Waals surface area contributed by atoms with Gasteiger partial charge in [0.25, 0.3) is 17.7 Å². The molecule has 5 N–H and O–H groups in total. The Bertz CT molecular complexity index is 2850. The number of hydrogen-bond donors (Lipinski definition) is 5. The molecule has 6 heterocycles. The lowest BCUT2D eigenvalue weighted by molar-refractivity contribution is -0.189. The number of phenolic OH excluding ortho intramolecular Hbond substituents is 1. The molecule has 0 saturated carbocycles. The first-order valence-corrected chi connectivity index (χ1v) is 25.5. The topological polar surface area (TPSA) is 229 Å². The zero-order chi connectivity index (χ0) is 53.1. The number of carbonyl (C=O) groups is 5. The number of aliphatic hydroxyl groups is 2. The number of β-amino-alcohol motifs (C(OH)–C–C–N with tert-alkyl or cyclic N) is 1. The molecule has 4 amide bonds. The predicted octanol–water partition coefficient (Wildman–Crippen LogP) is 2.99. The van der Waals surface area contributed by atoms with E-state index in [0.29, 0.717) is 56.9 Å². The highest BCUT2D eigenvalue weighted by atomic mass is 16.6. The van der Waals surface area contributed by atoms with Gasteiger partial charge in [0.15, 0.2) is 5.60 Å². The first kappa shape index (κ1) is 53.9. The van der Waals surface area contributed by atoms with E-state index in [-0.39, 0.29) is 64.3 Å². The van der Waals surface area contributed by atoms with Gasteiger partial charge in [-0.1, -0.05) is 45.7 Å². The molecule has 4 aliphatic rings. The summed E-state index contributed by atoms with van der Waals surface area (Å²) in [5, 5.41) is 40.0. The van der Waals surface area contributed by atoms with Crippen LogP contribution in [0, 0.1) is 23.2 Å². The fourth-order valence-corrected chi connectivity index (χ4v) is 10.8. The molecule has 19 heteroatoms. The molecule has 8 rings (SSSR count). The number of benzene rings is 2. The lowest BCUT2D eigenvalue weighted by Gasteiger charge is -2.40. The van der Waals surface area contributed by atoms with Crippen molar-refractivity contribution in [3.05, 3.63) is 71.5 Å². The fraction of sp³-hybridized carbons (Fsp3) is 0.527. The average Bonchev–Trinajstić information content (AvgIpc) is 3.92. The number of methoxy groups -OCH3 is 1. The van der Waals surface area contributed by atoms with E-state index < -0.39 is 64.3 Å². The van der Waals surface area contributed by atoms with Gasteiger partial charge in [0.1, 0.15) is 17.8 Å². The van der Waals surface area contributed by atoms with Crippen molar-refractivity contribution >= 4 is 40.5 Å². The van der Waals surface area contributed by atoms with E-state index in [1.807, 2.05) is 44.2 Å². The Balaban J connectivity index is 1.13. The maximum atomic E-state index is 14.9. The summed E-state index contributed by atoms with van der Waals surface area (Å²) >= 11 is 0. The van der Waals surface area contributed by atoms with Crippen molar-refractivity contribution in [1.82, 2.24) is 40.0 Å². The summed E-state index contributed by atoms with van der Waals surface area (Å²) in [6.07, 6.45) is 2.06. The van der Waals surface area contributed by atoms with Gasteiger partial charge in [-0.05, 0) is 90.3 Å². The summed E-state index contributed by atoms with van der Waals surface area (Å²) in [7, 11) is 3.03. The number of aromatic nitrogens is 2. The summed E-state index contributed by atoms with van der Waals surface area (Å²) in [6, 6.07) is 12.4. The molecule has 4 aliphatic heterocycles. The summed E-state index contributed by atoms with van der Waals surface area (Å²) in [4.78, 5) is 80.2. The third-order valence-electron chi connectivity index (χ3n) is 14.5. The van der Waals surface area contributed by atoms with Crippen molar-refractivity contribution in [3.8, 4) is 40.0 Å². The number of nitrogens with zero attached hydrogens (tertiary/aromatic N) is 6. The Morgan fingerprint density at radius 1 is 1.03 bits per heavy atom. The quantitative estimate of drug-likeness (QED) is 0.114. The second-order valence-corrected chi connectivity index (χ2v) is 21.2. The zero-order valence-electron chi connectivity index (χ0n) is 43.5. The number of phenols is 1. The molecule has 396 valence electrons. The molecule has 4 aromatic rings. The minimum absolute atomic E-state index is 0.0583. The molecule has 6 bridgehead atoms. The Morgan fingerprint density at radius 3 is 2.53 bits per heavy atom. The van der Waals surface area contributed by atoms with Crippen LogP contribution >= 0.6 is 0 Å². The minimum Gasteiger partial charge on any atom is -0.508 e. The van der Waals surface area contributed by atoms with Crippen molar-refractivity contribution in [2.75, 3.05) is 73.2 Å². The second kappa shape index (κ2) is 22.2. The molecule has 4 atom stereocenters. The standard InChI is InChI=1S/C55H70N8O11/c1-8-62-45-15-14-37-30-41(45)42(48(62)40-12-9-18-56-44(40)32-72-7)31-53(4,5)34-74-52(69)55(71)16-11-20-63(58-55)50(67)43(28-36-26-38(37)29-39(64)27-36)57-49(66)47(35(2)3)59(6)51(68)54(70)17-21-61(33-54)46(65)13-10-19-60-22-24-73-25-23-60/h9,12,14-15,18,26-27,29-30,35,43,47,58,64,70-71H,8,11,16-17,19-25,28,31-34H2,1-7H3,(H,57,66)/t43-,47-,54+,55-/m0/s1. The highest BCUT2D eigenvalue weighted by molar-refractivity contribution is 5.98. The number of hydrazine groups is 1. The number of likely N-dealkylation sites (N-methyl/N-ethyl adjacent to an activating group) is 1. The van der Waals surface area contributed by atoms with E-state index in [2.05, 4.69) is 45.0 Å². The van der Waals surface area contributed by atoms with Gasteiger partial charge in [-0.2, -0.15) is 5.43 Å². The van der Waals surface area contributed by atoms with Crippen LogP contribution in [-0.2, 0) is 64.2 Å². The molecule has 0 radical (unpaired) electrons. The average molecular weight is 1020 g/mol. The molecule has 3 fully saturated rings. The number of carbonyl (C=O) groups excluding carboxylic acids is 5. The Labute approximate surface area is 432 Å². The van der Waals surface area contributed by atoms with Crippen molar-refractivity contribution in [3.63, 3.8) is 0 Å². The van der Waals surface area contributed by atoms with Gasteiger partial charge >= 0.3 is 5.97 Å². The van der Waals surface area contributed by atoms with Gasteiger partial charge in [-0.25, -0.2) is 4.79 Å². The third-order valence-corrected chi connectivity index (χ3v) is 14.5. The Morgan fingerprint density at radius 2 is 1.80 bits per heavy atom. The first-order valence-electron chi connectivity index (χ1n) is 25.5. The monoisotopic (exact) mass is 1020 g/mol. The van der Waals surface area contributed by atoms with Gasteiger partial charge in [0.2, 0.25) is 11.6 Å². The Hall–Kier alpha value is -6.40. The van der Waals surface area contributed by atoms with Gasteiger partial charge in [0, 0.05) is 94.2 Å². The van der Waals surface area contributed by atoms with E-state index in [1.165, 1.54) is 18.0 Å². The zero-order valence-corrected chi connectivity index (χ0v) is 43.5. The molecule has 19 nitrogen and oxygen atoms in total. The number of morpholine rings is 1. The molecule has 74 heavy (non-hydrogen) atoms. The summed E-state index contributed by atoms with van der Waals surface area (Å²) in [5.74, 6) is 1.21. The van der Waals surface area contributed by atoms with E-state index in [9.17, 15) is 39.3 Å².